The minimum absolute atomic E-state index is 0.129. The number of rotatable bonds is 6. The molecule has 4 heteroatoms. The summed E-state index contributed by atoms with van der Waals surface area (Å²) in [5, 5.41) is 18.2. The van der Waals surface area contributed by atoms with Crippen LogP contribution in [0.15, 0.2) is 0 Å². The van der Waals surface area contributed by atoms with E-state index in [0.29, 0.717) is 5.92 Å². The van der Waals surface area contributed by atoms with Crippen molar-refractivity contribution in [3.8, 4) is 0 Å². The third kappa shape index (κ3) is 4.62. The molecule has 0 heterocycles. The Labute approximate surface area is 90.2 Å². The summed E-state index contributed by atoms with van der Waals surface area (Å²) in [4.78, 5) is 10.4. The highest BCUT2D eigenvalue weighted by Crippen LogP contribution is 2.28. The van der Waals surface area contributed by atoms with Crippen LogP contribution in [0.4, 0.5) is 0 Å². The predicted molar refractivity (Wildman–Crippen MR) is 55.6 cm³/mol. The zero-order valence-corrected chi connectivity index (χ0v) is 9.19. The molecule has 0 bridgehead atoms. The van der Waals surface area contributed by atoms with E-state index in [9.17, 15) is 9.90 Å². The van der Waals surface area contributed by atoms with Crippen LogP contribution < -0.4 is 0 Å². The molecule has 1 saturated carbocycles. The third-order valence-corrected chi connectivity index (χ3v) is 2.97. The van der Waals surface area contributed by atoms with E-state index in [0.717, 1.165) is 6.42 Å². The minimum Gasteiger partial charge on any atom is -0.479 e. The van der Waals surface area contributed by atoms with Crippen molar-refractivity contribution in [3.05, 3.63) is 0 Å². The van der Waals surface area contributed by atoms with Crippen molar-refractivity contribution in [3.63, 3.8) is 0 Å². The number of hydrogen-bond acceptors (Lipinski definition) is 3. The highest BCUT2D eigenvalue weighted by Gasteiger charge is 2.20. The van der Waals surface area contributed by atoms with E-state index in [1.54, 1.807) is 0 Å². The Morgan fingerprint density at radius 3 is 2.60 bits per heavy atom. The fraction of sp³-hybridized carbons (Fsp3) is 0.909. The molecule has 2 N–H and O–H groups in total. The first kappa shape index (κ1) is 12.5. The van der Waals surface area contributed by atoms with Gasteiger partial charge in [-0.1, -0.05) is 25.7 Å². The van der Waals surface area contributed by atoms with E-state index in [1.807, 2.05) is 0 Å². The Morgan fingerprint density at radius 1 is 1.47 bits per heavy atom. The highest BCUT2D eigenvalue weighted by molar-refractivity contribution is 5.71. The molecule has 1 fully saturated rings. The maximum atomic E-state index is 10.4. The van der Waals surface area contributed by atoms with Crippen LogP contribution in [0.1, 0.15) is 39.0 Å². The molecule has 0 spiro atoms. The second kappa shape index (κ2) is 6.08. The van der Waals surface area contributed by atoms with Gasteiger partial charge in [-0.3, -0.25) is 0 Å². The Morgan fingerprint density at radius 2 is 2.07 bits per heavy atom. The molecule has 1 unspecified atom stereocenters. The second-order valence-corrected chi connectivity index (χ2v) is 4.35. The molecule has 1 aliphatic carbocycles. The lowest BCUT2D eigenvalue weighted by Gasteiger charge is -2.16. The quantitative estimate of drug-likeness (QED) is 0.704. The van der Waals surface area contributed by atoms with E-state index in [2.05, 4.69) is 0 Å². The summed E-state index contributed by atoms with van der Waals surface area (Å²) in [7, 11) is 0. The maximum absolute atomic E-state index is 10.4. The number of carbonyl (C=O) groups is 1. The Balaban J connectivity index is 2.12. The van der Waals surface area contributed by atoms with Gasteiger partial charge in [-0.15, -0.1) is 0 Å². The largest absolute Gasteiger partial charge is 0.479 e. The molecule has 0 aromatic heterocycles. The summed E-state index contributed by atoms with van der Waals surface area (Å²) in [5.41, 5.74) is 0. The van der Waals surface area contributed by atoms with Crippen molar-refractivity contribution in [2.75, 3.05) is 6.61 Å². The van der Waals surface area contributed by atoms with E-state index in [4.69, 9.17) is 9.84 Å². The highest BCUT2D eigenvalue weighted by atomic mass is 16.5. The fourth-order valence-corrected chi connectivity index (χ4v) is 2.03. The lowest BCUT2D eigenvalue weighted by Crippen LogP contribution is -2.26. The van der Waals surface area contributed by atoms with E-state index in [1.165, 1.54) is 32.6 Å². The van der Waals surface area contributed by atoms with E-state index >= 15 is 0 Å². The lowest BCUT2D eigenvalue weighted by molar-refractivity contribution is -0.151. The van der Waals surface area contributed by atoms with Crippen LogP contribution in [0.2, 0.25) is 0 Å². The van der Waals surface area contributed by atoms with E-state index < -0.39 is 18.2 Å². The molecular weight excluding hydrogens is 196 g/mol. The van der Waals surface area contributed by atoms with Crippen molar-refractivity contribution in [2.45, 2.75) is 51.2 Å². The van der Waals surface area contributed by atoms with Gasteiger partial charge in [0.1, 0.15) is 0 Å². The van der Waals surface area contributed by atoms with Gasteiger partial charge in [0.05, 0.1) is 12.7 Å². The molecule has 0 amide bonds. The van der Waals surface area contributed by atoms with Crippen molar-refractivity contribution < 1.29 is 19.7 Å². The number of carboxylic acid groups (broad SMARTS) is 1. The molecular formula is C11H20O4. The molecule has 0 aromatic carbocycles. The van der Waals surface area contributed by atoms with Gasteiger partial charge in [0.2, 0.25) is 0 Å². The molecule has 0 aromatic rings. The van der Waals surface area contributed by atoms with Crippen LogP contribution in [0.3, 0.4) is 0 Å². The smallest absolute Gasteiger partial charge is 0.332 e. The first-order valence-corrected chi connectivity index (χ1v) is 5.62. The number of hydrogen-bond donors (Lipinski definition) is 2. The monoisotopic (exact) mass is 216 g/mol. The van der Waals surface area contributed by atoms with Crippen LogP contribution in [0, 0.1) is 5.92 Å². The van der Waals surface area contributed by atoms with Gasteiger partial charge in [-0.25, -0.2) is 4.79 Å². The summed E-state index contributed by atoms with van der Waals surface area (Å²) in [6.45, 7) is 1.61. The second-order valence-electron chi connectivity index (χ2n) is 4.35. The zero-order chi connectivity index (χ0) is 11.3. The average molecular weight is 216 g/mol. The van der Waals surface area contributed by atoms with Gasteiger partial charge < -0.3 is 14.9 Å². The van der Waals surface area contributed by atoms with Gasteiger partial charge in [0.25, 0.3) is 0 Å². The molecule has 88 valence electrons. The number of aliphatic hydroxyl groups excluding tert-OH is 1. The molecule has 0 aliphatic heterocycles. The molecule has 4 nitrogen and oxygen atoms in total. The number of aliphatic carboxylic acids is 1. The van der Waals surface area contributed by atoms with Crippen LogP contribution in [0.25, 0.3) is 0 Å². The molecule has 0 radical (unpaired) electrons. The van der Waals surface area contributed by atoms with Crippen LogP contribution in [-0.2, 0) is 9.53 Å². The molecule has 1 rings (SSSR count). The summed E-state index contributed by atoms with van der Waals surface area (Å²) in [5.74, 6) is -0.383. The number of aliphatic hydroxyl groups is 1. The summed E-state index contributed by atoms with van der Waals surface area (Å²) in [6.07, 6.45) is 4.27. The van der Waals surface area contributed by atoms with Gasteiger partial charge in [-0.2, -0.15) is 0 Å². The van der Waals surface area contributed by atoms with Gasteiger partial charge in [0, 0.05) is 0 Å². The maximum Gasteiger partial charge on any atom is 0.332 e. The fourth-order valence-electron chi connectivity index (χ4n) is 2.03. The molecule has 15 heavy (non-hydrogen) atoms. The summed E-state index contributed by atoms with van der Waals surface area (Å²) < 4.78 is 5.03. The zero-order valence-electron chi connectivity index (χ0n) is 9.19. The molecule has 1 aliphatic rings. The molecule has 0 saturated heterocycles. The van der Waals surface area contributed by atoms with E-state index in [-0.39, 0.29) is 6.61 Å². The van der Waals surface area contributed by atoms with Crippen molar-refractivity contribution in [2.24, 2.45) is 5.92 Å². The standard InChI is InChI=1S/C11H20O4/c1-8(11(13)14)15-7-10(12)6-9-4-2-3-5-9/h8-10,12H,2-7H2,1H3,(H,13,14)/t8-,10?/m0/s1. The summed E-state index contributed by atoms with van der Waals surface area (Å²) >= 11 is 0. The Bertz CT molecular complexity index is 199. The Kier molecular flexibility index (Phi) is 5.05. The van der Waals surface area contributed by atoms with Crippen molar-refractivity contribution >= 4 is 5.97 Å². The van der Waals surface area contributed by atoms with Crippen molar-refractivity contribution in [1.82, 2.24) is 0 Å². The van der Waals surface area contributed by atoms with Crippen molar-refractivity contribution in [1.29, 1.82) is 0 Å². The lowest BCUT2D eigenvalue weighted by atomic mass is 10.0. The SMILES string of the molecule is C[C@H](OCC(O)CC1CCCC1)C(=O)O. The van der Waals surface area contributed by atoms with Crippen LogP contribution >= 0.6 is 0 Å². The molecule has 2 atom stereocenters. The third-order valence-electron chi connectivity index (χ3n) is 2.97. The van der Waals surface area contributed by atoms with Gasteiger partial charge >= 0.3 is 5.97 Å². The number of carboxylic acids is 1. The van der Waals surface area contributed by atoms with Gasteiger partial charge in [-0.05, 0) is 19.3 Å². The first-order valence-electron chi connectivity index (χ1n) is 5.62. The Hall–Kier alpha value is -0.610. The van der Waals surface area contributed by atoms with Crippen LogP contribution in [0.5, 0.6) is 0 Å². The van der Waals surface area contributed by atoms with Crippen LogP contribution in [-0.4, -0.2) is 35.0 Å². The normalized spacial score (nSPS) is 21.5. The average Bonchev–Trinajstić information content (AvgIpc) is 2.66. The predicted octanol–water partition coefficient (Wildman–Crippen LogP) is 1.42. The topological polar surface area (TPSA) is 66.8 Å². The summed E-state index contributed by atoms with van der Waals surface area (Å²) in [6, 6.07) is 0. The van der Waals surface area contributed by atoms with Gasteiger partial charge in [0.15, 0.2) is 6.10 Å². The minimum atomic E-state index is -0.983. The number of ether oxygens (including phenoxy) is 1. The first-order chi connectivity index (χ1) is 7.09.